The predicted molar refractivity (Wildman–Crippen MR) is 322 cm³/mol. The van der Waals surface area contributed by atoms with Gasteiger partial charge in [0.2, 0.25) is 0 Å². The molecular weight excluding hydrogens is 997 g/mol. The van der Waals surface area contributed by atoms with Gasteiger partial charge in [0.25, 0.3) is 0 Å². The van der Waals surface area contributed by atoms with Crippen molar-refractivity contribution in [2.75, 3.05) is 13.2 Å². The molecule has 12 heteroatoms. The van der Waals surface area contributed by atoms with E-state index in [9.17, 15) is 34.5 Å². The fraction of sp³-hybridized carbons (Fsp3) is 0.791. The van der Waals surface area contributed by atoms with E-state index < -0.39 is 67.3 Å². The Morgan fingerprint density at radius 3 is 1.18 bits per heavy atom. The number of esters is 3. The number of aliphatic hydroxyl groups excluding tert-OH is 2. The van der Waals surface area contributed by atoms with Crippen molar-refractivity contribution < 1.29 is 58.2 Å². The normalized spacial score (nSPS) is 18.2. The summed E-state index contributed by atoms with van der Waals surface area (Å²) in [4.78, 5) is 51.3. The number of hydrogen-bond acceptors (Lipinski definition) is 11. The molecule has 1 aliphatic heterocycles. The summed E-state index contributed by atoms with van der Waals surface area (Å²) in [6.45, 7) is 5.96. The molecule has 0 radical (unpaired) electrons. The van der Waals surface area contributed by atoms with Crippen LogP contribution in [0.1, 0.15) is 290 Å². The van der Waals surface area contributed by atoms with Crippen molar-refractivity contribution in [3.05, 3.63) is 60.8 Å². The third-order valence-electron chi connectivity index (χ3n) is 14.6. The topological polar surface area (TPSA) is 175 Å². The molecule has 0 aromatic heterocycles. The number of carbonyl (C=O) groups is 4. The van der Waals surface area contributed by atoms with E-state index in [1.165, 1.54) is 116 Å². The molecule has 456 valence electrons. The Hall–Kier alpha value is -3.58. The highest BCUT2D eigenvalue weighted by Gasteiger charge is 2.50. The average Bonchev–Trinajstić information content (AvgIpc) is 3.44. The number of aliphatic hydroxyl groups is 2. The number of carbonyl (C=O) groups excluding carboxylic acids is 3. The minimum atomic E-state index is -1.91. The third kappa shape index (κ3) is 44.7. The van der Waals surface area contributed by atoms with Crippen LogP contribution in [0.25, 0.3) is 0 Å². The van der Waals surface area contributed by atoms with Crippen molar-refractivity contribution in [3.8, 4) is 0 Å². The van der Waals surface area contributed by atoms with Gasteiger partial charge in [-0.05, 0) is 89.9 Å². The average molecular weight is 1110 g/mol. The van der Waals surface area contributed by atoms with Crippen LogP contribution in [0, 0.1) is 0 Å². The zero-order valence-corrected chi connectivity index (χ0v) is 50.4. The first-order valence-electron chi connectivity index (χ1n) is 32.3. The lowest BCUT2D eigenvalue weighted by molar-refractivity contribution is -0.301. The van der Waals surface area contributed by atoms with Gasteiger partial charge < -0.3 is 39.0 Å². The Bertz CT molecular complexity index is 1600. The van der Waals surface area contributed by atoms with Crippen LogP contribution in [0.15, 0.2) is 60.8 Å². The van der Waals surface area contributed by atoms with Crippen LogP contribution in [0.2, 0.25) is 0 Å². The monoisotopic (exact) mass is 1110 g/mol. The van der Waals surface area contributed by atoms with Gasteiger partial charge in [0.15, 0.2) is 24.6 Å². The van der Waals surface area contributed by atoms with E-state index in [4.69, 9.17) is 23.7 Å². The molecule has 0 aromatic rings. The van der Waals surface area contributed by atoms with Crippen LogP contribution in [-0.4, -0.2) is 89.2 Å². The molecule has 1 saturated heterocycles. The number of hydrogen-bond donors (Lipinski definition) is 3. The SMILES string of the molecule is CCCCC/C=C\C/C=C\C/C=C\CCCCCCCCC(=O)OC1C(OCC(COC(=O)CCCCCCC/C=C\C/C=C\CCCCC)OC(=O)CCCCCCCCCCCCCCCCC)OC(C(=O)O)C(O)C1O. The van der Waals surface area contributed by atoms with E-state index >= 15 is 0 Å². The summed E-state index contributed by atoms with van der Waals surface area (Å²) in [7, 11) is 0. The molecule has 3 N–H and O–H groups in total. The quantitative estimate of drug-likeness (QED) is 0.0228. The number of carboxylic acid groups (broad SMARTS) is 1. The largest absolute Gasteiger partial charge is 0.479 e. The lowest BCUT2D eigenvalue weighted by atomic mass is 9.98. The van der Waals surface area contributed by atoms with E-state index in [1.54, 1.807) is 0 Å². The number of rotatable bonds is 55. The molecule has 1 aliphatic rings. The molecule has 1 fully saturated rings. The Labute approximate surface area is 481 Å². The summed E-state index contributed by atoms with van der Waals surface area (Å²) >= 11 is 0. The molecule has 0 aromatic carbocycles. The van der Waals surface area contributed by atoms with E-state index in [0.717, 1.165) is 116 Å². The van der Waals surface area contributed by atoms with Crippen molar-refractivity contribution in [2.45, 2.75) is 327 Å². The zero-order chi connectivity index (χ0) is 57.5. The molecule has 12 nitrogen and oxygen atoms in total. The van der Waals surface area contributed by atoms with Crippen molar-refractivity contribution in [2.24, 2.45) is 0 Å². The summed E-state index contributed by atoms with van der Waals surface area (Å²) in [6.07, 6.45) is 56.0. The lowest BCUT2D eigenvalue weighted by Crippen LogP contribution is -2.61. The second kappa shape index (κ2) is 55.0. The van der Waals surface area contributed by atoms with E-state index in [1.807, 2.05) is 0 Å². The highest BCUT2D eigenvalue weighted by Crippen LogP contribution is 2.27. The standard InChI is InChI=1S/C67H116O12/c1-4-7-10-13-16-19-22-25-28-29-30-31-34-37-40-43-46-49-52-55-61(70)78-65-63(72)62(71)64(66(73)74)79-67(65)76-57-58(77-60(69)54-51-48-45-42-39-36-33-27-24-21-18-15-12-9-6-3)56-75-59(68)53-50-47-44-41-38-35-32-26-23-20-17-14-11-8-5-2/h16-17,19-20,25-26,28,30-32,58,62-65,67,71-72H,4-15,18,21-24,27,29,33-57H2,1-3H3,(H,73,74)/b19-16-,20-17-,28-25-,31-30-,32-26-. The Balaban J connectivity index is 2.67. The van der Waals surface area contributed by atoms with Gasteiger partial charge in [0, 0.05) is 19.3 Å². The van der Waals surface area contributed by atoms with Crippen molar-refractivity contribution in [1.29, 1.82) is 0 Å². The van der Waals surface area contributed by atoms with Gasteiger partial charge >= 0.3 is 23.9 Å². The zero-order valence-electron chi connectivity index (χ0n) is 50.4. The van der Waals surface area contributed by atoms with Crippen LogP contribution < -0.4 is 0 Å². The molecule has 0 saturated carbocycles. The molecule has 0 aliphatic carbocycles. The van der Waals surface area contributed by atoms with E-state index in [-0.39, 0.29) is 25.9 Å². The molecule has 79 heavy (non-hydrogen) atoms. The Morgan fingerprint density at radius 1 is 0.418 bits per heavy atom. The smallest absolute Gasteiger partial charge is 0.335 e. The minimum Gasteiger partial charge on any atom is -0.479 e. The van der Waals surface area contributed by atoms with Crippen molar-refractivity contribution in [3.63, 3.8) is 0 Å². The summed E-state index contributed by atoms with van der Waals surface area (Å²) in [6, 6.07) is 0. The number of ether oxygens (including phenoxy) is 5. The number of unbranched alkanes of at least 4 members (excludes halogenated alkanes) is 31. The van der Waals surface area contributed by atoms with Gasteiger partial charge in [-0.1, -0.05) is 242 Å². The molecular formula is C67H116O12. The summed E-state index contributed by atoms with van der Waals surface area (Å²) in [5.41, 5.74) is 0. The summed E-state index contributed by atoms with van der Waals surface area (Å²) in [5.74, 6) is -3.13. The van der Waals surface area contributed by atoms with Crippen LogP contribution >= 0.6 is 0 Å². The predicted octanol–water partition coefficient (Wildman–Crippen LogP) is 17.1. The van der Waals surface area contributed by atoms with Gasteiger partial charge in [-0.2, -0.15) is 0 Å². The number of aliphatic carboxylic acids is 1. The lowest BCUT2D eigenvalue weighted by Gasteiger charge is -2.40. The van der Waals surface area contributed by atoms with Crippen molar-refractivity contribution >= 4 is 23.9 Å². The number of allylic oxidation sites excluding steroid dienone is 10. The maximum atomic E-state index is 13.2. The first-order valence-corrected chi connectivity index (χ1v) is 32.3. The second-order valence-electron chi connectivity index (χ2n) is 22.0. The minimum absolute atomic E-state index is 0.0451. The Morgan fingerprint density at radius 2 is 0.759 bits per heavy atom. The molecule has 1 rings (SSSR count). The van der Waals surface area contributed by atoms with Gasteiger partial charge in [0.1, 0.15) is 18.8 Å². The van der Waals surface area contributed by atoms with Gasteiger partial charge in [-0.15, -0.1) is 0 Å². The summed E-state index contributed by atoms with van der Waals surface area (Å²) in [5, 5.41) is 31.6. The summed E-state index contributed by atoms with van der Waals surface area (Å²) < 4.78 is 28.5. The van der Waals surface area contributed by atoms with Crippen LogP contribution in [-0.2, 0) is 42.9 Å². The molecule has 0 bridgehead atoms. The van der Waals surface area contributed by atoms with Crippen molar-refractivity contribution in [1.82, 2.24) is 0 Å². The maximum Gasteiger partial charge on any atom is 0.335 e. The van der Waals surface area contributed by atoms with Gasteiger partial charge in [-0.25, -0.2) is 4.79 Å². The highest BCUT2D eigenvalue weighted by atomic mass is 16.7. The maximum absolute atomic E-state index is 13.2. The molecule has 1 heterocycles. The van der Waals surface area contributed by atoms with Crippen LogP contribution in [0.4, 0.5) is 0 Å². The Kier molecular flexibility index (Phi) is 51.1. The number of carboxylic acids is 1. The van der Waals surface area contributed by atoms with E-state index in [2.05, 4.69) is 81.5 Å². The first-order chi connectivity index (χ1) is 38.6. The third-order valence-corrected chi connectivity index (χ3v) is 14.6. The van der Waals surface area contributed by atoms with E-state index in [0.29, 0.717) is 19.3 Å². The second-order valence-corrected chi connectivity index (χ2v) is 22.0. The van der Waals surface area contributed by atoms with Gasteiger partial charge in [-0.3, -0.25) is 14.4 Å². The van der Waals surface area contributed by atoms with Crippen LogP contribution in [0.5, 0.6) is 0 Å². The first kappa shape index (κ1) is 73.4. The molecule has 0 amide bonds. The fourth-order valence-corrected chi connectivity index (χ4v) is 9.58. The molecule has 6 atom stereocenters. The molecule has 6 unspecified atom stereocenters. The van der Waals surface area contributed by atoms with Crippen LogP contribution in [0.3, 0.4) is 0 Å². The van der Waals surface area contributed by atoms with Gasteiger partial charge in [0.05, 0.1) is 6.61 Å². The molecule has 0 spiro atoms. The highest BCUT2D eigenvalue weighted by molar-refractivity contribution is 5.74. The fourth-order valence-electron chi connectivity index (χ4n) is 9.58.